The molecule has 0 radical (unpaired) electrons. The Morgan fingerprint density at radius 3 is 1.71 bits per heavy atom. The van der Waals surface area contributed by atoms with Gasteiger partial charge in [0.05, 0.1) is 10.9 Å². The van der Waals surface area contributed by atoms with E-state index < -0.39 is 12.2 Å². The molecule has 2 rings (SSSR count). The lowest BCUT2D eigenvalue weighted by atomic mass is 10.8. The summed E-state index contributed by atoms with van der Waals surface area (Å²) in [4.78, 5) is 28.3. The van der Waals surface area contributed by atoms with Crippen molar-refractivity contribution in [2.24, 2.45) is 9.98 Å². The number of nitrogens with zero attached hydrogens (tertiary/aromatic N) is 2. The second-order valence-electron chi connectivity index (χ2n) is 2.35. The van der Waals surface area contributed by atoms with Crippen LogP contribution in [0.4, 0.5) is 9.59 Å². The Hall–Kier alpha value is -1.00. The summed E-state index contributed by atoms with van der Waals surface area (Å²) in [6.45, 7) is 0.398. The third kappa shape index (κ3) is 2.49. The largest absolute Gasteiger partial charge is 0.441 e. The molecule has 0 spiro atoms. The molecule has 6 nitrogen and oxygen atoms in total. The molecular weight excluding hydrogens is 231 g/mol. The minimum absolute atomic E-state index is 0. The highest BCUT2D eigenvalue weighted by Crippen LogP contribution is 2.23. The van der Waals surface area contributed by atoms with Crippen molar-refractivity contribution in [1.29, 1.82) is 0 Å². The Labute approximate surface area is 87.0 Å². The quantitative estimate of drug-likeness (QED) is 0.675. The van der Waals surface area contributed by atoms with Crippen molar-refractivity contribution in [3.8, 4) is 0 Å². The fraction of sp³-hybridized carbons (Fsp3) is 0.333. The van der Waals surface area contributed by atoms with Gasteiger partial charge in [-0.25, -0.2) is 9.59 Å². The molecule has 0 atom stereocenters. The van der Waals surface area contributed by atoms with Crippen LogP contribution in [0.2, 0.25) is 0 Å². The Morgan fingerprint density at radius 1 is 1.00 bits per heavy atom. The summed E-state index contributed by atoms with van der Waals surface area (Å²) in [5.41, 5.74) is 1.23. The number of ether oxygens (including phenoxy) is 2. The van der Waals surface area contributed by atoms with Crippen LogP contribution in [0, 0.1) is 0 Å². The summed E-state index contributed by atoms with van der Waals surface area (Å²) in [5, 5.41) is 0. The average Bonchev–Trinajstić information content (AvgIpc) is 2.62. The SMILES string of the molecule is Cl.O=C1N=C(PC2=NC(=O)OC2)CO1. The first-order valence-corrected chi connectivity index (χ1v) is 4.50. The summed E-state index contributed by atoms with van der Waals surface area (Å²) in [6.07, 6.45) is -1.15. The minimum atomic E-state index is -0.576. The van der Waals surface area contributed by atoms with Gasteiger partial charge in [0.1, 0.15) is 13.2 Å². The number of rotatable bonds is 2. The molecule has 0 aliphatic carbocycles. The zero-order valence-electron chi connectivity index (χ0n) is 6.85. The van der Waals surface area contributed by atoms with Crippen LogP contribution in [0.5, 0.6) is 0 Å². The van der Waals surface area contributed by atoms with Crippen LogP contribution < -0.4 is 0 Å². The maximum Gasteiger partial charge on any atom is 0.434 e. The first kappa shape index (κ1) is 11.1. The number of hydrogen-bond acceptors (Lipinski definition) is 4. The predicted octanol–water partition coefficient (Wildman–Crippen LogP) is 1.18. The zero-order chi connectivity index (χ0) is 9.26. The Balaban J connectivity index is 0.000000980. The molecule has 0 aromatic rings. The van der Waals surface area contributed by atoms with Gasteiger partial charge in [0.15, 0.2) is 0 Å². The average molecular weight is 237 g/mol. The number of cyclic esters (lactones) is 2. The van der Waals surface area contributed by atoms with Crippen LogP contribution >= 0.6 is 21.0 Å². The van der Waals surface area contributed by atoms with Gasteiger partial charge in [-0.15, -0.1) is 12.4 Å². The Kier molecular flexibility index (Phi) is 3.55. The zero-order valence-corrected chi connectivity index (χ0v) is 8.67. The smallest absolute Gasteiger partial charge is 0.434 e. The molecule has 2 aliphatic rings. The fourth-order valence-corrected chi connectivity index (χ4v) is 1.82. The first-order valence-electron chi connectivity index (χ1n) is 3.50. The maximum atomic E-state index is 10.5. The van der Waals surface area contributed by atoms with Gasteiger partial charge in [-0.1, -0.05) is 0 Å². The summed E-state index contributed by atoms with van der Waals surface area (Å²) in [7, 11) is 0.120. The van der Waals surface area contributed by atoms with E-state index in [2.05, 4.69) is 19.5 Å². The fourth-order valence-electron chi connectivity index (χ4n) is 0.904. The van der Waals surface area contributed by atoms with Crippen molar-refractivity contribution >= 4 is 44.1 Å². The Morgan fingerprint density at radius 2 is 1.43 bits per heavy atom. The van der Waals surface area contributed by atoms with Crippen LogP contribution in [0.25, 0.3) is 0 Å². The van der Waals surface area contributed by atoms with Crippen molar-refractivity contribution in [1.82, 2.24) is 0 Å². The maximum absolute atomic E-state index is 10.5. The second kappa shape index (κ2) is 4.48. The van der Waals surface area contributed by atoms with Gasteiger partial charge in [-0.3, -0.25) is 0 Å². The monoisotopic (exact) mass is 236 g/mol. The van der Waals surface area contributed by atoms with Crippen LogP contribution in [-0.2, 0) is 9.47 Å². The second-order valence-corrected chi connectivity index (χ2v) is 3.76. The molecule has 2 amide bonds. The lowest BCUT2D eigenvalue weighted by Crippen LogP contribution is -2.00. The van der Waals surface area contributed by atoms with Crippen molar-refractivity contribution in [2.75, 3.05) is 13.2 Å². The van der Waals surface area contributed by atoms with Gasteiger partial charge in [0, 0.05) is 0 Å². The van der Waals surface area contributed by atoms with Crippen LogP contribution in [0.1, 0.15) is 0 Å². The minimum Gasteiger partial charge on any atom is -0.441 e. The Bertz CT molecular complexity index is 309. The van der Waals surface area contributed by atoms with E-state index in [-0.39, 0.29) is 34.2 Å². The number of carbonyl (C=O) groups is 2. The molecule has 0 unspecified atom stereocenters. The van der Waals surface area contributed by atoms with Crippen LogP contribution in [0.3, 0.4) is 0 Å². The van der Waals surface area contributed by atoms with Crippen LogP contribution in [-0.4, -0.2) is 36.3 Å². The lowest BCUT2D eigenvalue weighted by Gasteiger charge is -1.95. The number of halogens is 1. The van der Waals surface area contributed by atoms with Gasteiger partial charge < -0.3 is 9.47 Å². The molecule has 0 fully saturated rings. The normalized spacial score (nSPS) is 19.4. The molecule has 0 aromatic carbocycles. The van der Waals surface area contributed by atoms with E-state index in [1.807, 2.05) is 0 Å². The molecule has 2 aliphatic heterocycles. The number of carbonyl (C=O) groups excluding carboxylic acids is 2. The molecule has 0 aromatic heterocycles. The van der Waals surface area contributed by atoms with E-state index in [4.69, 9.17) is 0 Å². The van der Waals surface area contributed by atoms with Crippen molar-refractivity contribution in [3.05, 3.63) is 0 Å². The molecule has 0 bridgehead atoms. The predicted molar refractivity (Wildman–Crippen MR) is 53.1 cm³/mol. The van der Waals surface area contributed by atoms with E-state index in [0.29, 0.717) is 10.9 Å². The molecular formula is C6H6ClN2O4P. The van der Waals surface area contributed by atoms with Crippen molar-refractivity contribution in [3.63, 3.8) is 0 Å². The summed E-state index contributed by atoms with van der Waals surface area (Å²) < 4.78 is 9.17. The summed E-state index contributed by atoms with van der Waals surface area (Å²) in [5.74, 6) is 0. The molecule has 0 N–H and O–H groups in total. The highest BCUT2D eigenvalue weighted by molar-refractivity contribution is 7.75. The standard InChI is InChI=1S/C6H5N2O4P.ClH/c9-5-7-3(1-11-5)13-4-2-12-6(10)8-4;/h13H,1-2H2;1H. The van der Waals surface area contributed by atoms with Gasteiger partial charge in [0.25, 0.3) is 0 Å². The highest BCUT2D eigenvalue weighted by atomic mass is 35.5. The number of amides is 2. The first-order chi connectivity index (χ1) is 6.24. The number of aliphatic imine (C=N–C) groups is 2. The molecule has 8 heteroatoms. The number of hydrogen-bond donors (Lipinski definition) is 0. The lowest BCUT2D eigenvalue weighted by molar-refractivity contribution is 0.180. The van der Waals surface area contributed by atoms with Crippen LogP contribution in [0.15, 0.2) is 9.98 Å². The van der Waals surface area contributed by atoms with E-state index in [0.717, 1.165) is 0 Å². The summed E-state index contributed by atoms with van der Waals surface area (Å²) >= 11 is 0. The van der Waals surface area contributed by atoms with E-state index in [1.54, 1.807) is 0 Å². The highest BCUT2D eigenvalue weighted by Gasteiger charge is 2.21. The third-order valence-corrected chi connectivity index (χ3v) is 2.50. The van der Waals surface area contributed by atoms with Gasteiger partial charge >= 0.3 is 12.2 Å². The van der Waals surface area contributed by atoms with Gasteiger partial charge in [-0.2, -0.15) is 9.98 Å². The van der Waals surface area contributed by atoms with Gasteiger partial charge in [0.2, 0.25) is 0 Å². The molecule has 2 heterocycles. The summed E-state index contributed by atoms with van der Waals surface area (Å²) in [6, 6.07) is 0. The topological polar surface area (TPSA) is 77.3 Å². The molecule has 76 valence electrons. The van der Waals surface area contributed by atoms with Crippen molar-refractivity contribution in [2.45, 2.75) is 0 Å². The third-order valence-electron chi connectivity index (χ3n) is 1.41. The van der Waals surface area contributed by atoms with E-state index in [1.165, 1.54) is 0 Å². The van der Waals surface area contributed by atoms with E-state index >= 15 is 0 Å². The molecule has 0 saturated heterocycles. The van der Waals surface area contributed by atoms with Crippen molar-refractivity contribution < 1.29 is 19.1 Å². The van der Waals surface area contributed by atoms with E-state index in [9.17, 15) is 9.59 Å². The molecule has 14 heavy (non-hydrogen) atoms. The molecule has 0 saturated carbocycles. The van der Waals surface area contributed by atoms with Gasteiger partial charge in [-0.05, 0) is 8.58 Å².